The Morgan fingerprint density at radius 3 is 2.70 bits per heavy atom. The van der Waals surface area contributed by atoms with Crippen molar-refractivity contribution in [3.8, 4) is 5.75 Å². The molecule has 6 nitrogen and oxygen atoms in total. The van der Waals surface area contributed by atoms with Crippen LogP contribution < -0.4 is 10.1 Å². The van der Waals surface area contributed by atoms with Crippen molar-refractivity contribution in [1.29, 1.82) is 0 Å². The first kappa shape index (κ1) is 19.6. The molecule has 0 fully saturated rings. The van der Waals surface area contributed by atoms with E-state index in [-0.39, 0.29) is 11.0 Å². The number of methoxy groups -OCH3 is 1. The number of carbonyl (C=O) groups is 1. The lowest BCUT2D eigenvalue weighted by Crippen LogP contribution is -2.26. The Hall–Kier alpha value is -2.12. The Balaban J connectivity index is 1.87. The Morgan fingerprint density at radius 1 is 1.41 bits per heavy atom. The van der Waals surface area contributed by atoms with E-state index >= 15 is 0 Å². The molecule has 0 saturated heterocycles. The number of ether oxygens (including phenoxy) is 1. The molecule has 1 aliphatic rings. The van der Waals surface area contributed by atoms with Gasteiger partial charge >= 0.3 is 5.97 Å². The van der Waals surface area contributed by atoms with Gasteiger partial charge in [-0.15, -0.1) is 11.3 Å². The predicted octanol–water partition coefficient (Wildman–Crippen LogP) is 4.10. The highest BCUT2D eigenvalue weighted by Crippen LogP contribution is 2.44. The van der Waals surface area contributed by atoms with Crippen LogP contribution >= 0.6 is 11.3 Å². The van der Waals surface area contributed by atoms with Gasteiger partial charge in [0.15, 0.2) is 6.23 Å². The number of aliphatic hydroxyl groups is 1. The van der Waals surface area contributed by atoms with E-state index in [0.717, 1.165) is 29.7 Å². The van der Waals surface area contributed by atoms with Crippen LogP contribution in [0.25, 0.3) is 0 Å². The van der Waals surface area contributed by atoms with Crippen LogP contribution in [0.3, 0.4) is 0 Å². The molecule has 2 aromatic rings. The number of aliphatic hydroxyl groups excluding tert-OH is 1. The normalized spacial score (nSPS) is 17.9. The van der Waals surface area contributed by atoms with Crippen LogP contribution in [0.1, 0.15) is 59.9 Å². The largest absolute Gasteiger partial charge is 0.495 e. The van der Waals surface area contributed by atoms with Crippen LogP contribution in [0.2, 0.25) is 0 Å². The number of hydrogen-bond acceptors (Lipinski definition) is 6. The fourth-order valence-electron chi connectivity index (χ4n) is 3.53. The number of aromatic nitrogens is 1. The van der Waals surface area contributed by atoms with E-state index in [0.29, 0.717) is 22.4 Å². The number of anilines is 1. The molecule has 0 spiro atoms. The molecule has 3 rings (SSSR count). The topological polar surface area (TPSA) is 91.7 Å². The summed E-state index contributed by atoms with van der Waals surface area (Å²) >= 11 is 1.44. The molecule has 0 radical (unpaired) electrons. The highest BCUT2D eigenvalue weighted by atomic mass is 32.1. The molecule has 3 N–H and O–H groups in total. The summed E-state index contributed by atoms with van der Waals surface area (Å²) in [5.74, 6) is 0.155. The van der Waals surface area contributed by atoms with Gasteiger partial charge in [-0.3, -0.25) is 4.98 Å². The van der Waals surface area contributed by atoms with Gasteiger partial charge in [0.05, 0.1) is 24.6 Å². The maximum absolute atomic E-state index is 11.9. The van der Waals surface area contributed by atoms with Crippen LogP contribution in [0, 0.1) is 11.3 Å². The Labute approximate surface area is 163 Å². The standard InChI is InChI=1S/C20H26N2O4S/c1-20(2,3)11-5-7-13-15(9-11)27-18(16(13)19(24)25)22-17(23)14-8-6-12(26-4)10-21-14/h6,8,10-11,17,22-23H,5,7,9H2,1-4H3,(H,24,25). The molecule has 0 aliphatic heterocycles. The molecular weight excluding hydrogens is 364 g/mol. The summed E-state index contributed by atoms with van der Waals surface area (Å²) in [5, 5.41) is 23.7. The van der Waals surface area contributed by atoms with E-state index < -0.39 is 12.2 Å². The van der Waals surface area contributed by atoms with Crippen molar-refractivity contribution in [1.82, 2.24) is 4.98 Å². The van der Waals surface area contributed by atoms with Crippen LogP contribution in [0.15, 0.2) is 18.3 Å². The molecule has 0 aromatic carbocycles. The van der Waals surface area contributed by atoms with Crippen LogP contribution in [0.4, 0.5) is 5.00 Å². The first-order valence-electron chi connectivity index (χ1n) is 9.03. The summed E-state index contributed by atoms with van der Waals surface area (Å²) < 4.78 is 5.07. The summed E-state index contributed by atoms with van der Waals surface area (Å²) in [6.07, 6.45) is 3.05. The smallest absolute Gasteiger partial charge is 0.338 e. The Morgan fingerprint density at radius 2 is 2.15 bits per heavy atom. The lowest BCUT2D eigenvalue weighted by atomic mass is 9.72. The van der Waals surface area contributed by atoms with E-state index in [1.54, 1.807) is 19.2 Å². The number of nitrogens with one attached hydrogen (secondary N) is 1. The van der Waals surface area contributed by atoms with Gasteiger partial charge < -0.3 is 20.3 Å². The minimum absolute atomic E-state index is 0.186. The van der Waals surface area contributed by atoms with Gasteiger partial charge in [0, 0.05) is 4.88 Å². The van der Waals surface area contributed by atoms with Crippen LogP contribution in [-0.2, 0) is 12.8 Å². The lowest BCUT2D eigenvalue weighted by molar-refractivity contribution is 0.0696. The zero-order valence-electron chi connectivity index (χ0n) is 16.1. The summed E-state index contributed by atoms with van der Waals surface area (Å²) in [6.45, 7) is 6.69. The monoisotopic (exact) mass is 390 g/mol. The second-order valence-corrected chi connectivity index (χ2v) is 9.09. The molecule has 27 heavy (non-hydrogen) atoms. The fourth-order valence-corrected chi connectivity index (χ4v) is 4.87. The van der Waals surface area contributed by atoms with E-state index in [1.807, 2.05) is 0 Å². The predicted molar refractivity (Wildman–Crippen MR) is 106 cm³/mol. The van der Waals surface area contributed by atoms with Crippen molar-refractivity contribution in [2.45, 2.75) is 46.3 Å². The first-order chi connectivity index (χ1) is 12.7. The second kappa shape index (κ2) is 7.48. The molecule has 0 amide bonds. The molecule has 1 aliphatic carbocycles. The molecule has 7 heteroatoms. The molecule has 146 valence electrons. The van der Waals surface area contributed by atoms with Crippen molar-refractivity contribution in [2.24, 2.45) is 11.3 Å². The quantitative estimate of drug-likeness (QED) is 0.666. The number of carboxylic acids is 1. The van der Waals surface area contributed by atoms with Crippen LogP contribution in [-0.4, -0.2) is 28.3 Å². The number of fused-ring (bicyclic) bond motifs is 1. The zero-order valence-corrected chi connectivity index (χ0v) is 16.9. The summed E-state index contributed by atoms with van der Waals surface area (Å²) in [5.41, 5.74) is 1.79. The Kier molecular flexibility index (Phi) is 5.44. The van der Waals surface area contributed by atoms with Gasteiger partial charge in [-0.2, -0.15) is 0 Å². The van der Waals surface area contributed by atoms with Gasteiger partial charge in [0.2, 0.25) is 0 Å². The zero-order chi connectivity index (χ0) is 19.8. The van der Waals surface area contributed by atoms with Gasteiger partial charge in [-0.25, -0.2) is 4.79 Å². The number of aromatic carboxylic acids is 1. The molecule has 2 unspecified atom stereocenters. The molecule has 2 heterocycles. The van der Waals surface area contributed by atoms with Crippen molar-refractivity contribution in [3.05, 3.63) is 40.0 Å². The van der Waals surface area contributed by atoms with Gasteiger partial charge in [0.25, 0.3) is 0 Å². The second-order valence-electron chi connectivity index (χ2n) is 7.99. The van der Waals surface area contributed by atoms with Crippen molar-refractivity contribution >= 4 is 22.3 Å². The van der Waals surface area contributed by atoms with Gasteiger partial charge in [-0.1, -0.05) is 20.8 Å². The van der Waals surface area contributed by atoms with Gasteiger partial charge in [-0.05, 0) is 48.3 Å². The minimum atomic E-state index is -1.09. The lowest BCUT2D eigenvalue weighted by Gasteiger charge is -2.33. The number of thiophene rings is 1. The van der Waals surface area contributed by atoms with E-state index in [2.05, 4.69) is 31.1 Å². The third-order valence-corrected chi connectivity index (χ3v) is 6.43. The maximum atomic E-state index is 11.9. The molecule has 2 atom stereocenters. The summed E-state index contributed by atoms with van der Waals surface area (Å²) in [6, 6.07) is 3.36. The highest BCUT2D eigenvalue weighted by Gasteiger charge is 2.34. The van der Waals surface area contributed by atoms with Crippen molar-refractivity contribution in [3.63, 3.8) is 0 Å². The number of carboxylic acid groups (broad SMARTS) is 1. The number of rotatable bonds is 5. The summed E-state index contributed by atoms with van der Waals surface area (Å²) in [4.78, 5) is 17.2. The highest BCUT2D eigenvalue weighted by molar-refractivity contribution is 7.16. The summed E-state index contributed by atoms with van der Waals surface area (Å²) in [7, 11) is 1.55. The average molecular weight is 391 g/mol. The molecular formula is C20H26N2O4S. The van der Waals surface area contributed by atoms with E-state index in [9.17, 15) is 15.0 Å². The van der Waals surface area contributed by atoms with Crippen molar-refractivity contribution < 1.29 is 19.7 Å². The fraction of sp³-hybridized carbons (Fsp3) is 0.500. The number of hydrogen-bond donors (Lipinski definition) is 3. The number of nitrogens with zero attached hydrogens (tertiary/aromatic N) is 1. The number of pyridine rings is 1. The van der Waals surface area contributed by atoms with Gasteiger partial charge in [0.1, 0.15) is 10.8 Å². The molecule has 0 saturated carbocycles. The van der Waals surface area contributed by atoms with E-state index in [4.69, 9.17) is 4.74 Å². The third kappa shape index (κ3) is 4.09. The third-order valence-electron chi connectivity index (χ3n) is 5.25. The first-order valence-corrected chi connectivity index (χ1v) is 9.84. The average Bonchev–Trinajstić information content (AvgIpc) is 2.98. The minimum Gasteiger partial charge on any atom is -0.495 e. The van der Waals surface area contributed by atoms with Crippen molar-refractivity contribution in [2.75, 3.05) is 12.4 Å². The van der Waals surface area contributed by atoms with Crippen LogP contribution in [0.5, 0.6) is 5.75 Å². The molecule has 0 bridgehead atoms. The Bertz CT molecular complexity index is 824. The molecule has 2 aromatic heterocycles. The maximum Gasteiger partial charge on any atom is 0.338 e. The SMILES string of the molecule is COc1ccc(C(O)Nc2sc3c(c2C(=O)O)CCC(C(C)(C)C)C3)nc1. The van der Waals surface area contributed by atoms with E-state index in [1.165, 1.54) is 17.5 Å².